The number of benzene rings is 1. The van der Waals surface area contributed by atoms with Gasteiger partial charge in [0.2, 0.25) is 11.7 Å². The van der Waals surface area contributed by atoms with Crippen molar-refractivity contribution >= 4 is 40.5 Å². The highest BCUT2D eigenvalue weighted by Gasteiger charge is 2.49. The van der Waals surface area contributed by atoms with E-state index < -0.39 is 29.0 Å². The largest absolute Gasteiger partial charge is 0.504 e. The van der Waals surface area contributed by atoms with E-state index in [-0.39, 0.29) is 64.7 Å². The zero-order valence-corrected chi connectivity index (χ0v) is 32.0. The number of hydrogen-bond donors (Lipinski definition) is 2. The summed E-state index contributed by atoms with van der Waals surface area (Å²) in [4.78, 5) is 61.5. The highest BCUT2D eigenvalue weighted by molar-refractivity contribution is 6.33. The van der Waals surface area contributed by atoms with Crippen LogP contribution < -0.4 is 10.9 Å². The van der Waals surface area contributed by atoms with Gasteiger partial charge in [-0.1, -0.05) is 24.6 Å². The van der Waals surface area contributed by atoms with E-state index in [9.17, 15) is 32.7 Å². The van der Waals surface area contributed by atoms with Crippen LogP contribution in [0.25, 0.3) is 22.6 Å². The van der Waals surface area contributed by atoms with Gasteiger partial charge in [0.05, 0.1) is 29.5 Å². The molecule has 1 saturated carbocycles. The Kier molecular flexibility index (Phi) is 9.34. The van der Waals surface area contributed by atoms with E-state index >= 15 is 0 Å². The fourth-order valence-electron chi connectivity index (χ4n) is 8.67. The Balaban J connectivity index is 1.03. The highest BCUT2D eigenvalue weighted by Crippen LogP contribution is 2.51. The molecule has 18 heteroatoms. The number of ether oxygens (including phenoxy) is 1. The second-order valence-electron chi connectivity index (χ2n) is 15.4. The predicted molar refractivity (Wildman–Crippen MR) is 204 cm³/mol. The van der Waals surface area contributed by atoms with Gasteiger partial charge in [-0.15, -0.1) is 5.10 Å². The van der Waals surface area contributed by atoms with Crippen LogP contribution in [-0.4, -0.2) is 82.2 Å². The summed E-state index contributed by atoms with van der Waals surface area (Å²) < 4.78 is 48.2. The van der Waals surface area contributed by atoms with Gasteiger partial charge in [0.15, 0.2) is 17.3 Å². The Morgan fingerprint density at radius 1 is 1.10 bits per heavy atom. The number of amides is 2. The summed E-state index contributed by atoms with van der Waals surface area (Å²) in [5, 5.41) is 18.2. The topological polar surface area (TPSA) is 170 Å². The molecule has 2 amide bonds. The summed E-state index contributed by atoms with van der Waals surface area (Å²) in [5.41, 5.74) is 1.48. The Bertz CT molecular complexity index is 2580. The lowest BCUT2D eigenvalue weighted by Crippen LogP contribution is -2.46. The van der Waals surface area contributed by atoms with Gasteiger partial charge in [0.1, 0.15) is 18.6 Å². The van der Waals surface area contributed by atoms with Crippen molar-refractivity contribution in [2.24, 2.45) is 0 Å². The van der Waals surface area contributed by atoms with Crippen LogP contribution in [0.4, 0.5) is 18.9 Å². The lowest BCUT2D eigenvalue weighted by Gasteiger charge is -2.39. The van der Waals surface area contributed by atoms with Crippen molar-refractivity contribution in [2.75, 3.05) is 31.6 Å². The number of alkyl halides is 3. The quantitative estimate of drug-likeness (QED) is 0.195. The van der Waals surface area contributed by atoms with Crippen molar-refractivity contribution < 1.29 is 32.6 Å². The van der Waals surface area contributed by atoms with Gasteiger partial charge in [0, 0.05) is 53.1 Å². The second kappa shape index (κ2) is 14.3. The van der Waals surface area contributed by atoms with Crippen LogP contribution >= 0.6 is 11.6 Å². The molecule has 2 N–H and O–H groups in total. The van der Waals surface area contributed by atoms with Crippen molar-refractivity contribution in [2.45, 2.75) is 75.4 Å². The molecular formula is C40H37ClF3N9O5. The molecular weight excluding hydrogens is 779 g/mol. The number of anilines is 1. The van der Waals surface area contributed by atoms with Crippen LogP contribution in [0.2, 0.25) is 5.02 Å². The fraction of sp³-hybridized carbons (Fsp3) is 0.400. The average Bonchev–Trinajstić information content (AvgIpc) is 3.90. The SMILES string of the molecule is CC1CC2(CCN(C(=O)c3ncnc(-c4ccc(C5CC5)nc4)c3O)CC2)c2c1n(CC(=O)Nc1ccc(C(F)(F)F)cc1Cl)c1nc(C3=CCOCC3)nn1c2=O. The Morgan fingerprint density at radius 3 is 2.57 bits per heavy atom. The minimum Gasteiger partial charge on any atom is -0.504 e. The zero-order chi connectivity index (χ0) is 40.5. The van der Waals surface area contributed by atoms with Crippen LogP contribution in [0.3, 0.4) is 0 Å². The Morgan fingerprint density at radius 2 is 1.90 bits per heavy atom. The molecule has 1 atom stereocenters. The van der Waals surface area contributed by atoms with Crippen LogP contribution in [0, 0.1) is 0 Å². The van der Waals surface area contributed by atoms with E-state index in [1.807, 2.05) is 25.1 Å². The lowest BCUT2D eigenvalue weighted by molar-refractivity contribution is -0.137. The number of aromatic nitrogens is 7. The maximum Gasteiger partial charge on any atom is 0.416 e. The molecule has 1 aromatic carbocycles. The standard InChI is InChI=1S/C40H37ClF3N9O5/c1-21-17-39(10-12-51(13-11-39)37(57)32-34(55)31(46-20-47-32)24-4-6-27(45-18-24)22-2-3-22)30-33(21)52(19-29(54)48-28-7-5-25(16-26(28)41)40(42,43)44)38-49-35(50-53(38)36(30)56)23-8-14-58-15-9-23/h4-8,16,18,20-22,55H,2-3,9-15,17,19H2,1H3,(H,48,54). The number of nitrogens with zero attached hydrogens (tertiary/aromatic N) is 8. The molecule has 1 spiro atoms. The Hall–Kier alpha value is -5.68. The van der Waals surface area contributed by atoms with Crippen LogP contribution in [-0.2, 0) is 27.7 Å². The first kappa shape index (κ1) is 37.9. The molecule has 9 rings (SSSR count). The number of hydrogen-bond acceptors (Lipinski definition) is 10. The van der Waals surface area contributed by atoms with Gasteiger partial charge in [-0.25, -0.2) is 9.97 Å². The molecule has 300 valence electrons. The molecule has 0 bridgehead atoms. The number of likely N-dealkylation sites (tertiary alicyclic amines) is 1. The molecule has 14 nitrogen and oxygen atoms in total. The van der Waals surface area contributed by atoms with Gasteiger partial charge in [-0.3, -0.25) is 19.4 Å². The van der Waals surface area contributed by atoms with Crippen LogP contribution in [0.15, 0.2) is 53.7 Å². The molecule has 5 aromatic rings. The van der Waals surface area contributed by atoms with Crippen molar-refractivity contribution in [3.05, 3.63) is 98.3 Å². The molecule has 1 saturated heterocycles. The monoisotopic (exact) mass is 815 g/mol. The summed E-state index contributed by atoms with van der Waals surface area (Å²) >= 11 is 6.18. The molecule has 6 heterocycles. The molecule has 1 unspecified atom stereocenters. The van der Waals surface area contributed by atoms with E-state index in [1.165, 1.54) is 10.8 Å². The smallest absolute Gasteiger partial charge is 0.416 e. The molecule has 4 aliphatic rings. The van der Waals surface area contributed by atoms with Gasteiger partial charge < -0.3 is 24.6 Å². The van der Waals surface area contributed by atoms with E-state index in [0.29, 0.717) is 67.5 Å². The lowest BCUT2D eigenvalue weighted by atomic mass is 9.73. The van der Waals surface area contributed by atoms with Gasteiger partial charge in [0.25, 0.3) is 11.5 Å². The molecule has 2 aliphatic heterocycles. The molecule has 58 heavy (non-hydrogen) atoms. The molecule has 0 radical (unpaired) electrons. The summed E-state index contributed by atoms with van der Waals surface area (Å²) in [5.74, 6) is -0.712. The number of aromatic hydroxyl groups is 1. The molecule has 2 aliphatic carbocycles. The Labute approximate surface area is 333 Å². The van der Waals surface area contributed by atoms with Gasteiger partial charge >= 0.3 is 6.18 Å². The minimum atomic E-state index is -4.61. The van der Waals surface area contributed by atoms with E-state index in [0.717, 1.165) is 42.3 Å². The summed E-state index contributed by atoms with van der Waals surface area (Å²) in [6, 6.07) is 6.42. The third kappa shape index (κ3) is 6.68. The highest BCUT2D eigenvalue weighted by atomic mass is 35.5. The fourth-order valence-corrected chi connectivity index (χ4v) is 8.90. The van der Waals surface area contributed by atoms with Gasteiger partial charge in [-0.05, 0) is 80.3 Å². The van der Waals surface area contributed by atoms with E-state index in [2.05, 4.69) is 25.4 Å². The third-order valence-electron chi connectivity index (χ3n) is 11.7. The number of halogens is 4. The van der Waals surface area contributed by atoms with Crippen LogP contribution in [0.5, 0.6) is 5.75 Å². The van der Waals surface area contributed by atoms with Crippen LogP contribution in [0.1, 0.15) is 96.1 Å². The minimum absolute atomic E-state index is 0.00514. The molecule has 4 aromatic heterocycles. The predicted octanol–water partition coefficient (Wildman–Crippen LogP) is 6.12. The first-order valence-corrected chi connectivity index (χ1v) is 19.5. The first-order valence-electron chi connectivity index (χ1n) is 19.1. The number of carbonyl (C=O) groups is 2. The summed E-state index contributed by atoms with van der Waals surface area (Å²) in [7, 11) is 0. The van der Waals surface area contributed by atoms with E-state index in [4.69, 9.17) is 21.3 Å². The van der Waals surface area contributed by atoms with Crippen molar-refractivity contribution in [3.63, 3.8) is 0 Å². The third-order valence-corrected chi connectivity index (χ3v) is 12.0. The maximum absolute atomic E-state index is 14.6. The van der Waals surface area contributed by atoms with Gasteiger partial charge in [-0.2, -0.15) is 22.7 Å². The second-order valence-corrected chi connectivity index (χ2v) is 15.8. The number of fused-ring (bicyclic) bond motifs is 3. The van der Waals surface area contributed by atoms with E-state index in [1.54, 1.807) is 15.7 Å². The molecule has 2 fully saturated rings. The number of rotatable bonds is 7. The maximum atomic E-state index is 14.6. The number of carbonyl (C=O) groups excluding carboxylic acids is 2. The average molecular weight is 816 g/mol. The number of piperidine rings is 1. The number of nitrogens with one attached hydrogen (secondary N) is 1. The van der Waals surface area contributed by atoms with Crippen molar-refractivity contribution in [1.29, 1.82) is 0 Å². The van der Waals surface area contributed by atoms with Crippen molar-refractivity contribution in [3.8, 4) is 17.0 Å². The first-order chi connectivity index (χ1) is 27.8. The normalized spacial score (nSPS) is 19.0. The number of pyridine rings is 1. The van der Waals surface area contributed by atoms with Crippen molar-refractivity contribution in [1.82, 2.24) is 39.0 Å². The summed E-state index contributed by atoms with van der Waals surface area (Å²) in [6.07, 6.45) is 4.19. The zero-order valence-electron chi connectivity index (χ0n) is 31.2. The summed E-state index contributed by atoms with van der Waals surface area (Å²) in [6.45, 7) is 2.93.